The zero-order valence-electron chi connectivity index (χ0n) is 8.59. The summed E-state index contributed by atoms with van der Waals surface area (Å²) in [7, 11) is 0. The van der Waals surface area contributed by atoms with Crippen LogP contribution >= 0.6 is 0 Å². The fourth-order valence-electron chi connectivity index (χ4n) is 1.62. The van der Waals surface area contributed by atoms with Gasteiger partial charge in [-0.3, -0.25) is 9.59 Å². The maximum atomic E-state index is 11.9. The van der Waals surface area contributed by atoms with E-state index in [1.165, 1.54) is 11.2 Å². The molecule has 1 unspecified atom stereocenters. The van der Waals surface area contributed by atoms with Crippen LogP contribution in [0, 0.1) is 0 Å². The third kappa shape index (κ3) is 1.92. The molecule has 6 nitrogen and oxygen atoms in total. The van der Waals surface area contributed by atoms with Crippen LogP contribution in [0.2, 0.25) is 0 Å². The van der Waals surface area contributed by atoms with Gasteiger partial charge in [-0.1, -0.05) is 0 Å². The van der Waals surface area contributed by atoms with Crippen molar-refractivity contribution in [1.82, 2.24) is 4.90 Å². The summed E-state index contributed by atoms with van der Waals surface area (Å²) in [6.07, 6.45) is 1.41. The second kappa shape index (κ2) is 4.36. The van der Waals surface area contributed by atoms with Crippen LogP contribution in [0.25, 0.3) is 0 Å². The van der Waals surface area contributed by atoms with Crippen LogP contribution in [0.3, 0.4) is 0 Å². The van der Waals surface area contributed by atoms with E-state index in [4.69, 9.17) is 14.9 Å². The van der Waals surface area contributed by atoms with Crippen molar-refractivity contribution in [2.24, 2.45) is 5.73 Å². The molecule has 6 heteroatoms. The predicted octanol–water partition coefficient (Wildman–Crippen LogP) is -0.394. The molecule has 86 valence electrons. The number of furan rings is 1. The van der Waals surface area contributed by atoms with Crippen LogP contribution in [0.1, 0.15) is 10.6 Å². The monoisotopic (exact) mass is 224 g/mol. The first-order valence-electron chi connectivity index (χ1n) is 4.91. The van der Waals surface area contributed by atoms with Gasteiger partial charge in [-0.15, -0.1) is 0 Å². The second-order valence-corrected chi connectivity index (χ2v) is 3.47. The van der Waals surface area contributed by atoms with E-state index < -0.39 is 11.9 Å². The Labute approximate surface area is 91.9 Å². The lowest BCUT2D eigenvalue weighted by Gasteiger charge is -2.32. The Morgan fingerprint density at radius 2 is 2.31 bits per heavy atom. The molecule has 0 bridgehead atoms. The van der Waals surface area contributed by atoms with Gasteiger partial charge in [-0.2, -0.15) is 0 Å². The summed E-state index contributed by atoms with van der Waals surface area (Å²) in [5.41, 5.74) is 5.21. The summed E-state index contributed by atoms with van der Waals surface area (Å²) >= 11 is 0. The minimum atomic E-state index is -0.716. The molecule has 16 heavy (non-hydrogen) atoms. The van der Waals surface area contributed by atoms with Gasteiger partial charge in [-0.05, 0) is 12.1 Å². The molecule has 0 aromatic carbocycles. The molecule has 0 spiro atoms. The molecule has 2 rings (SSSR count). The fourth-order valence-corrected chi connectivity index (χ4v) is 1.62. The Kier molecular flexibility index (Phi) is 2.91. The maximum absolute atomic E-state index is 11.9. The van der Waals surface area contributed by atoms with Gasteiger partial charge in [0.25, 0.3) is 5.91 Å². The number of carbonyl (C=O) groups excluding carboxylic acids is 2. The summed E-state index contributed by atoms with van der Waals surface area (Å²) in [4.78, 5) is 24.5. The molecule has 1 aliphatic heterocycles. The Bertz CT molecular complexity index is 388. The molecule has 1 atom stereocenters. The lowest BCUT2D eigenvalue weighted by atomic mass is 10.2. The molecule has 1 fully saturated rings. The Balaban J connectivity index is 2.17. The first kappa shape index (κ1) is 10.7. The van der Waals surface area contributed by atoms with Gasteiger partial charge < -0.3 is 19.8 Å². The summed E-state index contributed by atoms with van der Waals surface area (Å²) in [5.74, 6) is -0.704. The van der Waals surface area contributed by atoms with Gasteiger partial charge in [0, 0.05) is 6.54 Å². The number of morpholine rings is 1. The Morgan fingerprint density at radius 3 is 2.94 bits per heavy atom. The third-order valence-corrected chi connectivity index (χ3v) is 2.45. The molecular weight excluding hydrogens is 212 g/mol. The number of carbonyl (C=O) groups is 2. The highest BCUT2D eigenvalue weighted by Crippen LogP contribution is 2.12. The highest BCUT2D eigenvalue weighted by atomic mass is 16.5. The minimum Gasteiger partial charge on any atom is -0.459 e. The van der Waals surface area contributed by atoms with Gasteiger partial charge in [0.2, 0.25) is 5.91 Å². The number of nitrogens with two attached hydrogens (primary N) is 1. The second-order valence-electron chi connectivity index (χ2n) is 3.47. The first-order chi connectivity index (χ1) is 7.70. The van der Waals surface area contributed by atoms with Crippen molar-refractivity contribution in [2.45, 2.75) is 6.04 Å². The van der Waals surface area contributed by atoms with E-state index in [9.17, 15) is 9.59 Å². The topological polar surface area (TPSA) is 85.8 Å². The molecule has 1 aromatic rings. The maximum Gasteiger partial charge on any atom is 0.290 e. The van der Waals surface area contributed by atoms with Crippen LogP contribution in [0.15, 0.2) is 22.8 Å². The van der Waals surface area contributed by atoms with E-state index >= 15 is 0 Å². The van der Waals surface area contributed by atoms with Crippen molar-refractivity contribution in [2.75, 3.05) is 19.8 Å². The van der Waals surface area contributed by atoms with E-state index in [2.05, 4.69) is 0 Å². The third-order valence-electron chi connectivity index (χ3n) is 2.45. The highest BCUT2D eigenvalue weighted by molar-refractivity contribution is 5.95. The van der Waals surface area contributed by atoms with Crippen molar-refractivity contribution in [3.05, 3.63) is 24.2 Å². The number of primary amides is 1. The Morgan fingerprint density at radius 1 is 1.50 bits per heavy atom. The molecule has 2 amide bonds. The van der Waals surface area contributed by atoms with Crippen LogP contribution in [-0.4, -0.2) is 42.5 Å². The first-order valence-corrected chi connectivity index (χ1v) is 4.91. The van der Waals surface area contributed by atoms with Crippen molar-refractivity contribution in [3.8, 4) is 0 Å². The average molecular weight is 224 g/mol. The van der Waals surface area contributed by atoms with E-state index in [0.717, 1.165) is 0 Å². The van der Waals surface area contributed by atoms with Gasteiger partial charge in [0.15, 0.2) is 5.76 Å². The standard InChI is InChI=1S/C10H12N2O4/c11-9(13)7-6-15-5-3-12(7)10(14)8-2-1-4-16-8/h1-2,4,7H,3,5-6H2,(H2,11,13). The molecule has 0 aliphatic carbocycles. The number of hydrogen-bond donors (Lipinski definition) is 1. The number of nitrogens with zero attached hydrogens (tertiary/aromatic N) is 1. The number of hydrogen-bond acceptors (Lipinski definition) is 4. The molecule has 2 heterocycles. The molecule has 1 saturated heterocycles. The van der Waals surface area contributed by atoms with Crippen LogP contribution < -0.4 is 5.73 Å². The van der Waals surface area contributed by atoms with Gasteiger partial charge >= 0.3 is 0 Å². The summed E-state index contributed by atoms with van der Waals surface area (Å²) in [5, 5.41) is 0. The number of ether oxygens (including phenoxy) is 1. The lowest BCUT2D eigenvalue weighted by molar-refractivity contribution is -0.127. The zero-order valence-corrected chi connectivity index (χ0v) is 8.59. The summed E-state index contributed by atoms with van der Waals surface area (Å²) in [6, 6.07) is 2.45. The average Bonchev–Trinajstić information content (AvgIpc) is 2.81. The SMILES string of the molecule is NC(=O)C1COCCN1C(=O)c1ccco1. The number of amides is 2. The van der Waals surface area contributed by atoms with Crippen molar-refractivity contribution in [3.63, 3.8) is 0 Å². The van der Waals surface area contributed by atoms with E-state index in [1.54, 1.807) is 12.1 Å². The van der Waals surface area contributed by atoms with Gasteiger partial charge in [-0.25, -0.2) is 0 Å². The van der Waals surface area contributed by atoms with Gasteiger partial charge in [0.1, 0.15) is 6.04 Å². The predicted molar refractivity (Wildman–Crippen MR) is 53.5 cm³/mol. The molecular formula is C10H12N2O4. The quantitative estimate of drug-likeness (QED) is 0.741. The zero-order chi connectivity index (χ0) is 11.5. The largest absolute Gasteiger partial charge is 0.459 e. The molecule has 0 radical (unpaired) electrons. The van der Waals surface area contributed by atoms with E-state index in [0.29, 0.717) is 13.2 Å². The number of rotatable bonds is 2. The van der Waals surface area contributed by atoms with Crippen LogP contribution in [0.4, 0.5) is 0 Å². The van der Waals surface area contributed by atoms with Crippen molar-refractivity contribution >= 4 is 11.8 Å². The van der Waals surface area contributed by atoms with Gasteiger partial charge in [0.05, 0.1) is 19.5 Å². The van der Waals surface area contributed by atoms with Crippen LogP contribution in [0.5, 0.6) is 0 Å². The smallest absolute Gasteiger partial charge is 0.290 e. The molecule has 1 aliphatic rings. The lowest BCUT2D eigenvalue weighted by Crippen LogP contribution is -2.54. The highest BCUT2D eigenvalue weighted by Gasteiger charge is 2.32. The van der Waals surface area contributed by atoms with E-state index in [-0.39, 0.29) is 18.3 Å². The van der Waals surface area contributed by atoms with E-state index in [1.807, 2.05) is 0 Å². The molecule has 2 N–H and O–H groups in total. The fraction of sp³-hybridized carbons (Fsp3) is 0.400. The van der Waals surface area contributed by atoms with Crippen molar-refractivity contribution in [1.29, 1.82) is 0 Å². The molecule has 0 saturated carbocycles. The normalized spacial score (nSPS) is 20.8. The Hall–Kier alpha value is -1.82. The van der Waals surface area contributed by atoms with Crippen molar-refractivity contribution < 1.29 is 18.7 Å². The van der Waals surface area contributed by atoms with Crippen LogP contribution in [-0.2, 0) is 9.53 Å². The molecule has 1 aromatic heterocycles. The summed E-state index contributed by atoms with van der Waals surface area (Å²) in [6.45, 7) is 0.880. The summed E-state index contributed by atoms with van der Waals surface area (Å²) < 4.78 is 10.1. The minimum absolute atomic E-state index is 0.141.